The number of halogens is 2. The minimum absolute atomic E-state index is 0. The molecule has 1 heterocycles. The minimum Gasteiger partial charge on any atom is -1.00 e. The van der Waals surface area contributed by atoms with Crippen LogP contribution in [0.15, 0.2) is 47.4 Å². The third kappa shape index (κ3) is 2.84. The number of H-pyrrole nitrogens is 1. The van der Waals surface area contributed by atoms with Crippen molar-refractivity contribution in [1.29, 1.82) is 0 Å². The zero-order chi connectivity index (χ0) is 11.8. The van der Waals surface area contributed by atoms with Crippen LogP contribution in [0.2, 0.25) is 17.0 Å². The Morgan fingerprint density at radius 1 is 1.22 bits per heavy atom. The molecule has 0 aromatic carbocycles. The van der Waals surface area contributed by atoms with Crippen molar-refractivity contribution in [2.45, 2.75) is 17.0 Å². The zero-order valence-corrected chi connectivity index (χ0v) is 13.9. The van der Waals surface area contributed by atoms with Crippen LogP contribution >= 0.6 is 0 Å². The fourth-order valence-electron chi connectivity index (χ4n) is 1.99. The summed E-state index contributed by atoms with van der Waals surface area (Å²) in [5.41, 5.74) is 0.0440. The van der Waals surface area contributed by atoms with Gasteiger partial charge in [-0.05, 0) is 0 Å². The normalized spacial score (nSPS) is 15.8. The van der Waals surface area contributed by atoms with Gasteiger partial charge in [-0.1, -0.05) is 0 Å². The monoisotopic (exact) mass is 338 g/mol. The molecule has 18 heavy (non-hydrogen) atoms. The van der Waals surface area contributed by atoms with Crippen molar-refractivity contribution < 1.29 is 41.1 Å². The van der Waals surface area contributed by atoms with Crippen LogP contribution in [0.5, 0.6) is 0 Å². The van der Waals surface area contributed by atoms with E-state index in [1.165, 1.54) is 0 Å². The summed E-state index contributed by atoms with van der Waals surface area (Å²) in [5.74, 6) is 0. The molecule has 1 aliphatic rings. The van der Waals surface area contributed by atoms with Crippen LogP contribution in [0.4, 0.5) is 0 Å². The van der Waals surface area contributed by atoms with Gasteiger partial charge in [-0.15, -0.1) is 0 Å². The predicted molar refractivity (Wildman–Crippen MR) is 65.2 cm³/mol. The fraction of sp³-hybridized carbons (Fsp3) is 0.250. The van der Waals surface area contributed by atoms with Crippen LogP contribution in [0.3, 0.4) is 0 Å². The van der Waals surface area contributed by atoms with Crippen LogP contribution < -0.4 is 35.6 Å². The number of pyridine rings is 1. The molecule has 1 aromatic heterocycles. The maximum absolute atomic E-state index is 11.9. The van der Waals surface area contributed by atoms with Crippen molar-refractivity contribution in [2.75, 3.05) is 0 Å². The van der Waals surface area contributed by atoms with Gasteiger partial charge in [0.2, 0.25) is 0 Å². The van der Waals surface area contributed by atoms with Crippen LogP contribution in [0.1, 0.15) is 0 Å². The van der Waals surface area contributed by atoms with Crippen molar-refractivity contribution in [3.8, 4) is 0 Å². The van der Waals surface area contributed by atoms with E-state index >= 15 is 0 Å². The molecule has 0 spiro atoms. The van der Waals surface area contributed by atoms with E-state index in [1.807, 2.05) is 24.3 Å². The van der Waals surface area contributed by atoms with Crippen molar-refractivity contribution in [3.05, 3.63) is 53.0 Å². The van der Waals surface area contributed by atoms with Crippen LogP contribution in [-0.4, -0.2) is 13.1 Å². The van der Waals surface area contributed by atoms with Gasteiger partial charge in [0.15, 0.2) is 0 Å². The van der Waals surface area contributed by atoms with Gasteiger partial charge < -0.3 is 24.8 Å². The zero-order valence-electron chi connectivity index (χ0n) is 10.1. The first-order chi connectivity index (χ1) is 7.47. The van der Waals surface area contributed by atoms with Crippen LogP contribution in [0.25, 0.3) is 0 Å². The molecule has 0 radical (unpaired) electrons. The van der Waals surface area contributed by atoms with Crippen molar-refractivity contribution in [2.24, 2.45) is 0 Å². The third-order valence-corrected chi connectivity index (χ3v) is 10.1. The molecule has 0 amide bonds. The van der Waals surface area contributed by atoms with E-state index in [0.717, 1.165) is 5.19 Å². The number of nitrogens with one attached hydrogen (secondary N) is 1. The maximum atomic E-state index is 11.9. The molecule has 0 bridgehead atoms. The quantitative estimate of drug-likeness (QED) is 0.543. The molecule has 1 N–H and O–H groups in total. The van der Waals surface area contributed by atoms with Gasteiger partial charge in [-0.25, -0.2) is 0 Å². The number of hydrogen-bond acceptors (Lipinski definition) is 1. The van der Waals surface area contributed by atoms with Crippen LogP contribution in [0, 0.1) is 0 Å². The van der Waals surface area contributed by atoms with E-state index in [-0.39, 0.29) is 34.3 Å². The molecule has 1 aliphatic carbocycles. The van der Waals surface area contributed by atoms with Crippen molar-refractivity contribution >= 4 is 13.3 Å². The first kappa shape index (κ1) is 17.8. The molecule has 0 aliphatic heterocycles. The average Bonchev–Trinajstić information content (AvgIpc) is 2.67. The third-order valence-electron chi connectivity index (χ3n) is 3.27. The summed E-state index contributed by atoms with van der Waals surface area (Å²) < 4.78 is -0.0820. The van der Waals surface area contributed by atoms with Gasteiger partial charge in [0, 0.05) is 0 Å². The Kier molecular flexibility index (Phi) is 6.19. The maximum Gasteiger partial charge on any atom is -1.00 e. The second-order valence-corrected chi connectivity index (χ2v) is 10.8. The molecule has 0 atom stereocenters. The van der Waals surface area contributed by atoms with E-state index in [0.29, 0.717) is 0 Å². The van der Waals surface area contributed by atoms with E-state index < -0.39 is 8.07 Å². The van der Waals surface area contributed by atoms with Gasteiger partial charge >= 0.3 is 105 Å². The Balaban J connectivity index is 0.00000144. The van der Waals surface area contributed by atoms with E-state index in [1.54, 1.807) is 6.20 Å². The largest absolute Gasteiger partial charge is 1.00 e. The number of allylic oxidation sites excluding steroid dienone is 4. The van der Waals surface area contributed by atoms with Gasteiger partial charge in [0.25, 0.3) is 0 Å². The molecule has 0 saturated heterocycles. The van der Waals surface area contributed by atoms with E-state index in [9.17, 15) is 4.79 Å². The van der Waals surface area contributed by atoms with Gasteiger partial charge in [-0.2, -0.15) is 0 Å². The Bertz CT molecular complexity index is 513. The molecular formula is C12H14Cl2CrNOSi. The van der Waals surface area contributed by atoms with Crippen molar-refractivity contribution in [3.63, 3.8) is 0 Å². The molecule has 2 nitrogen and oxygen atoms in total. The standard InChI is InChI=1S/C12H14NOSi.2ClH.Cr/c1-15(2,10-6-3-4-7-10)11-8-5-9-13-12(11)14;;;/h3-9H,1-2H3,(H,13,14);2*1H;/q;;;+2/p-2. The smallest absolute Gasteiger partial charge is 1.00 e. The molecular weight excluding hydrogens is 325 g/mol. The molecule has 97 valence electrons. The number of aromatic nitrogens is 1. The first-order valence-electron chi connectivity index (χ1n) is 5.23. The Morgan fingerprint density at radius 3 is 2.28 bits per heavy atom. The summed E-state index contributed by atoms with van der Waals surface area (Å²) in [5, 5.41) is 0.935. The summed E-state index contributed by atoms with van der Waals surface area (Å²) in [7, 11) is -1.89. The molecule has 6 heteroatoms. The second-order valence-electron chi connectivity index (χ2n) is 4.55. The average molecular weight is 339 g/mol. The van der Waals surface area contributed by atoms with Crippen molar-refractivity contribution in [1.82, 2.24) is 4.98 Å². The Hall–Kier alpha value is -0.241. The van der Waals surface area contributed by atoms with Gasteiger partial charge in [-0.3, -0.25) is 0 Å². The molecule has 0 fully saturated rings. The summed E-state index contributed by atoms with van der Waals surface area (Å²) in [6, 6.07) is 3.85. The fourth-order valence-corrected chi connectivity index (χ4v) is 5.35. The number of rotatable bonds is 2. The topological polar surface area (TPSA) is 32.9 Å². The minimum atomic E-state index is -1.89. The summed E-state index contributed by atoms with van der Waals surface area (Å²) in [6.07, 6.45) is 10.1. The van der Waals surface area contributed by atoms with E-state index in [4.69, 9.17) is 0 Å². The molecule has 2 rings (SSSR count). The SMILES string of the molecule is C[Si](C)(c1ccc[nH]c1=O)[C]1([Cr+2])C=CC=C1.[Cl-].[Cl-]. The molecule has 0 saturated carbocycles. The first-order valence-corrected chi connectivity index (χ1v) is 8.87. The second kappa shape index (κ2) is 6.27. The summed E-state index contributed by atoms with van der Waals surface area (Å²) >= 11 is 3.25. The Morgan fingerprint density at radius 2 is 1.78 bits per heavy atom. The number of hydrogen-bond donors (Lipinski definition) is 1. The van der Waals surface area contributed by atoms with Gasteiger partial charge in [0.05, 0.1) is 0 Å². The van der Waals surface area contributed by atoms with E-state index in [2.05, 4.69) is 46.5 Å². The predicted octanol–water partition coefficient (Wildman–Crippen LogP) is -4.33. The molecule has 1 aromatic rings. The van der Waals surface area contributed by atoms with Crippen LogP contribution in [-0.2, 0) is 16.3 Å². The van der Waals surface area contributed by atoms with Gasteiger partial charge in [0.1, 0.15) is 0 Å². The number of aromatic amines is 1. The molecule has 0 unspecified atom stereocenters. The summed E-state index contributed by atoms with van der Waals surface area (Å²) in [4.78, 5) is 14.6. The summed E-state index contributed by atoms with van der Waals surface area (Å²) in [6.45, 7) is 4.43. The Labute approximate surface area is 129 Å².